The van der Waals surface area contributed by atoms with E-state index < -0.39 is 0 Å². The van der Waals surface area contributed by atoms with E-state index in [1.54, 1.807) is 13.8 Å². The summed E-state index contributed by atoms with van der Waals surface area (Å²) in [5.41, 5.74) is 13.2. The minimum absolute atomic E-state index is 0.0501. The molecule has 0 aliphatic rings. The minimum Gasteiger partial charge on any atom is -0.328 e. The highest BCUT2D eigenvalue weighted by molar-refractivity contribution is 4.69. The number of nitrogens with zero attached hydrogens (tertiary/aromatic N) is 3. The monoisotopic (exact) mass is 114 g/mol. The highest BCUT2D eigenvalue weighted by Gasteiger charge is 2.01. The van der Waals surface area contributed by atoms with Crippen molar-refractivity contribution in [2.75, 3.05) is 0 Å². The number of nitrogens with two attached hydrogens (primary N) is 1. The van der Waals surface area contributed by atoms with Gasteiger partial charge in [-0.3, -0.25) is 0 Å². The van der Waals surface area contributed by atoms with Crippen LogP contribution in [-0.4, -0.2) is 12.1 Å². The van der Waals surface area contributed by atoms with Crippen LogP contribution in [0, 0.1) is 0 Å². The summed E-state index contributed by atoms with van der Waals surface area (Å²) in [6.07, 6.45) is 0. The fourth-order valence-electron chi connectivity index (χ4n) is 0.187. The molecule has 0 aromatic carbocycles. The zero-order valence-electron chi connectivity index (χ0n) is 5.07. The molecule has 0 saturated carbocycles. The van der Waals surface area contributed by atoms with Gasteiger partial charge in [0, 0.05) is 17.0 Å². The summed E-state index contributed by atoms with van der Waals surface area (Å²) >= 11 is 0. The number of hydrogen-bond acceptors (Lipinski definition) is 2. The second-order valence-corrected chi connectivity index (χ2v) is 1.80. The molecule has 0 spiro atoms. The minimum atomic E-state index is -0.0972. The molecular weight excluding hydrogens is 104 g/mol. The van der Waals surface area contributed by atoms with Gasteiger partial charge in [-0.05, 0) is 12.5 Å². The Bertz CT molecular complexity index is 103. The molecule has 0 aliphatic carbocycles. The highest BCUT2D eigenvalue weighted by Crippen LogP contribution is 1.92. The molecule has 2 atom stereocenters. The van der Waals surface area contributed by atoms with Gasteiger partial charge in [0.2, 0.25) is 0 Å². The maximum absolute atomic E-state index is 7.89. The van der Waals surface area contributed by atoms with Crippen molar-refractivity contribution in [1.82, 2.24) is 0 Å². The SMILES string of the molecule is C[C@H](N=[N+]=[N-])[C@@H](C)N. The van der Waals surface area contributed by atoms with Crippen LogP contribution in [0.3, 0.4) is 0 Å². The lowest BCUT2D eigenvalue weighted by molar-refractivity contribution is 0.600. The zero-order valence-corrected chi connectivity index (χ0v) is 5.07. The summed E-state index contributed by atoms with van der Waals surface area (Å²) < 4.78 is 0. The molecular formula is C4H10N4. The van der Waals surface area contributed by atoms with Crippen LogP contribution < -0.4 is 5.73 Å². The Hall–Kier alpha value is -0.730. The quantitative estimate of drug-likeness (QED) is 0.325. The van der Waals surface area contributed by atoms with E-state index >= 15 is 0 Å². The van der Waals surface area contributed by atoms with E-state index in [2.05, 4.69) is 10.0 Å². The molecule has 0 heterocycles. The summed E-state index contributed by atoms with van der Waals surface area (Å²) in [4.78, 5) is 2.60. The fraction of sp³-hybridized carbons (Fsp3) is 1.00. The maximum atomic E-state index is 7.89. The van der Waals surface area contributed by atoms with Crippen LogP contribution in [0.15, 0.2) is 5.11 Å². The first-order valence-electron chi connectivity index (χ1n) is 2.48. The van der Waals surface area contributed by atoms with Gasteiger partial charge < -0.3 is 5.73 Å². The predicted octanol–water partition coefficient (Wildman–Crippen LogP) is 1.03. The van der Waals surface area contributed by atoms with Crippen LogP contribution in [0.5, 0.6) is 0 Å². The summed E-state index contributed by atoms with van der Waals surface area (Å²) in [7, 11) is 0. The normalized spacial score (nSPS) is 16.4. The lowest BCUT2D eigenvalue weighted by Gasteiger charge is -2.05. The van der Waals surface area contributed by atoms with Crippen molar-refractivity contribution in [3.63, 3.8) is 0 Å². The van der Waals surface area contributed by atoms with Crippen molar-refractivity contribution < 1.29 is 0 Å². The van der Waals surface area contributed by atoms with E-state index in [0.717, 1.165) is 0 Å². The number of azide groups is 1. The van der Waals surface area contributed by atoms with Gasteiger partial charge in [-0.2, -0.15) is 0 Å². The Labute approximate surface area is 48.3 Å². The standard InChI is InChI=1S/C4H10N4/c1-3(5)4(2)7-8-6/h3-4H,5H2,1-2H3/t3-,4+/m1/s1. The molecule has 0 aromatic rings. The number of hydrogen-bond donors (Lipinski definition) is 1. The Kier molecular flexibility index (Phi) is 2.99. The van der Waals surface area contributed by atoms with Gasteiger partial charge >= 0.3 is 0 Å². The van der Waals surface area contributed by atoms with E-state index in [1.165, 1.54) is 0 Å². The van der Waals surface area contributed by atoms with Crippen LogP contribution in [0.2, 0.25) is 0 Å². The molecule has 0 unspecified atom stereocenters. The average molecular weight is 114 g/mol. The first kappa shape index (κ1) is 7.27. The molecule has 0 amide bonds. The molecule has 0 rings (SSSR count). The van der Waals surface area contributed by atoms with Crippen molar-refractivity contribution in [2.45, 2.75) is 25.9 Å². The van der Waals surface area contributed by atoms with Crippen LogP contribution in [0.1, 0.15) is 13.8 Å². The van der Waals surface area contributed by atoms with Gasteiger partial charge in [-0.1, -0.05) is 12.0 Å². The summed E-state index contributed by atoms with van der Waals surface area (Å²) in [6.45, 7) is 3.59. The zero-order chi connectivity index (χ0) is 6.57. The van der Waals surface area contributed by atoms with Crippen LogP contribution in [-0.2, 0) is 0 Å². The van der Waals surface area contributed by atoms with E-state index in [0.29, 0.717) is 0 Å². The Morgan fingerprint density at radius 3 is 2.25 bits per heavy atom. The van der Waals surface area contributed by atoms with E-state index in [1.807, 2.05) is 0 Å². The third-order valence-corrected chi connectivity index (χ3v) is 0.995. The molecule has 0 fully saturated rings. The molecule has 0 aromatic heterocycles. The second-order valence-electron chi connectivity index (χ2n) is 1.80. The second kappa shape index (κ2) is 3.29. The van der Waals surface area contributed by atoms with Crippen molar-refractivity contribution in [3.8, 4) is 0 Å². The van der Waals surface area contributed by atoms with E-state index in [4.69, 9.17) is 11.3 Å². The fourth-order valence-corrected chi connectivity index (χ4v) is 0.187. The van der Waals surface area contributed by atoms with Gasteiger partial charge in [-0.15, -0.1) is 0 Å². The molecule has 0 saturated heterocycles. The largest absolute Gasteiger partial charge is 0.328 e. The molecule has 46 valence electrons. The molecule has 0 radical (unpaired) electrons. The average Bonchev–Trinajstić information content (AvgIpc) is 1.67. The van der Waals surface area contributed by atoms with Crippen molar-refractivity contribution in [3.05, 3.63) is 10.4 Å². The van der Waals surface area contributed by atoms with Gasteiger partial charge in [0.15, 0.2) is 0 Å². The molecule has 0 bridgehead atoms. The van der Waals surface area contributed by atoms with Crippen LogP contribution in [0.4, 0.5) is 0 Å². The summed E-state index contributed by atoms with van der Waals surface area (Å²) in [5.74, 6) is 0. The van der Waals surface area contributed by atoms with Crippen molar-refractivity contribution in [1.29, 1.82) is 0 Å². The summed E-state index contributed by atoms with van der Waals surface area (Å²) in [6, 6.07) is -0.147. The van der Waals surface area contributed by atoms with Crippen molar-refractivity contribution in [2.24, 2.45) is 10.8 Å². The smallest absolute Gasteiger partial charge is 0.0494 e. The Morgan fingerprint density at radius 1 is 1.62 bits per heavy atom. The van der Waals surface area contributed by atoms with Gasteiger partial charge in [0.25, 0.3) is 0 Å². The van der Waals surface area contributed by atoms with Crippen LogP contribution >= 0.6 is 0 Å². The molecule has 2 N–H and O–H groups in total. The lowest BCUT2D eigenvalue weighted by Crippen LogP contribution is -2.26. The first-order valence-corrected chi connectivity index (χ1v) is 2.48. The van der Waals surface area contributed by atoms with Crippen LogP contribution in [0.25, 0.3) is 10.4 Å². The predicted molar refractivity (Wildman–Crippen MR) is 32.3 cm³/mol. The Morgan fingerprint density at radius 2 is 2.12 bits per heavy atom. The number of rotatable bonds is 2. The third-order valence-electron chi connectivity index (χ3n) is 0.995. The van der Waals surface area contributed by atoms with Gasteiger partial charge in [-0.25, -0.2) is 0 Å². The molecule has 4 nitrogen and oxygen atoms in total. The molecule has 8 heavy (non-hydrogen) atoms. The molecule has 4 heteroatoms. The maximum Gasteiger partial charge on any atom is 0.0494 e. The van der Waals surface area contributed by atoms with Crippen molar-refractivity contribution >= 4 is 0 Å². The van der Waals surface area contributed by atoms with Gasteiger partial charge in [0.1, 0.15) is 0 Å². The summed E-state index contributed by atoms with van der Waals surface area (Å²) in [5, 5.41) is 3.38. The first-order chi connectivity index (χ1) is 3.68. The highest BCUT2D eigenvalue weighted by atomic mass is 15.2. The lowest BCUT2D eigenvalue weighted by atomic mass is 10.2. The topological polar surface area (TPSA) is 74.8 Å². The molecule has 0 aliphatic heterocycles. The van der Waals surface area contributed by atoms with E-state index in [-0.39, 0.29) is 12.1 Å². The Balaban J connectivity index is 3.63. The third kappa shape index (κ3) is 2.44. The van der Waals surface area contributed by atoms with Gasteiger partial charge in [0.05, 0.1) is 0 Å². The van der Waals surface area contributed by atoms with E-state index in [9.17, 15) is 0 Å².